The van der Waals surface area contributed by atoms with Crippen molar-refractivity contribution < 1.29 is 28.7 Å². The number of esters is 1. The highest BCUT2D eigenvalue weighted by Gasteiger charge is 2.07. The third-order valence-electron chi connectivity index (χ3n) is 3.95. The molecule has 0 aromatic heterocycles. The molecule has 0 unspecified atom stereocenters. The maximum atomic E-state index is 11.9. The molecule has 0 aliphatic heterocycles. The molecular formula is C21H24N2O7. The molecule has 2 aromatic rings. The second kappa shape index (κ2) is 12.2. The van der Waals surface area contributed by atoms with Crippen molar-refractivity contribution in [1.29, 1.82) is 0 Å². The lowest BCUT2D eigenvalue weighted by atomic mass is 10.2. The van der Waals surface area contributed by atoms with Gasteiger partial charge in [0.15, 0.2) is 11.5 Å². The summed E-state index contributed by atoms with van der Waals surface area (Å²) < 4.78 is 21.1. The molecule has 30 heavy (non-hydrogen) atoms. The fourth-order valence-electron chi connectivity index (χ4n) is 2.42. The van der Waals surface area contributed by atoms with Crippen LogP contribution in [-0.4, -0.2) is 51.1 Å². The van der Waals surface area contributed by atoms with Crippen LogP contribution in [0.2, 0.25) is 0 Å². The summed E-state index contributed by atoms with van der Waals surface area (Å²) in [6.07, 6.45) is 2.30. The fraction of sp³-hybridized carbons (Fsp3) is 0.333. The van der Waals surface area contributed by atoms with E-state index in [0.717, 1.165) is 12.0 Å². The molecule has 0 radical (unpaired) electrons. The average Bonchev–Trinajstić information content (AvgIpc) is 2.75. The first-order valence-electron chi connectivity index (χ1n) is 9.22. The molecule has 0 fully saturated rings. The monoisotopic (exact) mass is 416 g/mol. The Morgan fingerprint density at radius 1 is 1.10 bits per heavy atom. The lowest BCUT2D eigenvalue weighted by Gasteiger charge is -2.11. The Morgan fingerprint density at radius 2 is 1.87 bits per heavy atom. The molecule has 0 aliphatic rings. The van der Waals surface area contributed by atoms with E-state index in [1.165, 1.54) is 12.1 Å². The number of nitrogens with zero attached hydrogens (tertiary/aromatic N) is 2. The van der Waals surface area contributed by atoms with Gasteiger partial charge in [0.25, 0.3) is 5.69 Å². The third kappa shape index (κ3) is 7.51. The van der Waals surface area contributed by atoms with Crippen molar-refractivity contribution in [3.05, 3.63) is 63.7 Å². The van der Waals surface area contributed by atoms with Crippen molar-refractivity contribution >= 4 is 17.9 Å². The summed E-state index contributed by atoms with van der Waals surface area (Å²) in [5, 5.41) is 10.6. The number of nitro groups is 1. The van der Waals surface area contributed by atoms with E-state index in [2.05, 4.69) is 4.99 Å². The Bertz CT molecular complexity index is 866. The van der Waals surface area contributed by atoms with Crippen LogP contribution in [0.5, 0.6) is 11.5 Å². The van der Waals surface area contributed by atoms with Gasteiger partial charge in [0.05, 0.1) is 18.6 Å². The Hall–Kier alpha value is -3.46. The van der Waals surface area contributed by atoms with E-state index in [4.69, 9.17) is 18.9 Å². The molecule has 0 saturated carbocycles. The highest BCUT2D eigenvalue weighted by molar-refractivity contribution is 5.83. The Balaban J connectivity index is 1.84. The molecule has 9 nitrogen and oxygen atoms in total. The van der Waals surface area contributed by atoms with Crippen molar-refractivity contribution in [2.24, 2.45) is 4.99 Å². The number of carbonyl (C=O) groups is 1. The van der Waals surface area contributed by atoms with Gasteiger partial charge in [-0.15, -0.1) is 0 Å². The summed E-state index contributed by atoms with van der Waals surface area (Å²) in [5.74, 6) is 0.680. The molecule has 0 bridgehead atoms. The standard InChI is InChI=1S/C21H24N2O7/c1-27-10-3-11-29-20-12-17(6-9-19(20)28-2)13-22-14-21(24)30-15-16-4-7-18(8-5-16)23(25)26/h4-9,12-13H,3,10-11,14-15H2,1-2H3. The minimum absolute atomic E-state index is 0.0174. The molecular weight excluding hydrogens is 392 g/mol. The topological polar surface area (TPSA) is 109 Å². The van der Waals surface area contributed by atoms with Crippen molar-refractivity contribution in [1.82, 2.24) is 0 Å². The molecule has 0 amide bonds. The Labute approximate surface area is 174 Å². The number of ether oxygens (including phenoxy) is 4. The van der Waals surface area contributed by atoms with E-state index in [0.29, 0.717) is 30.3 Å². The number of carbonyl (C=O) groups excluding carboxylic acids is 1. The number of rotatable bonds is 12. The lowest BCUT2D eigenvalue weighted by Crippen LogP contribution is -2.08. The van der Waals surface area contributed by atoms with E-state index in [1.807, 2.05) is 0 Å². The van der Waals surface area contributed by atoms with E-state index in [9.17, 15) is 14.9 Å². The van der Waals surface area contributed by atoms with Gasteiger partial charge >= 0.3 is 5.97 Å². The Morgan fingerprint density at radius 3 is 2.53 bits per heavy atom. The number of non-ortho nitro benzene ring substituents is 1. The first-order valence-corrected chi connectivity index (χ1v) is 9.22. The van der Waals surface area contributed by atoms with E-state index < -0.39 is 10.9 Å². The van der Waals surface area contributed by atoms with Crippen molar-refractivity contribution in [3.63, 3.8) is 0 Å². The molecule has 9 heteroatoms. The van der Waals surface area contributed by atoms with E-state index in [1.54, 1.807) is 50.8 Å². The summed E-state index contributed by atoms with van der Waals surface area (Å²) >= 11 is 0. The maximum absolute atomic E-state index is 11.9. The number of benzene rings is 2. The van der Waals surface area contributed by atoms with Crippen molar-refractivity contribution in [2.75, 3.05) is 34.0 Å². The average molecular weight is 416 g/mol. The van der Waals surface area contributed by atoms with Gasteiger partial charge in [0.1, 0.15) is 13.2 Å². The number of hydrogen-bond acceptors (Lipinski definition) is 8. The van der Waals surface area contributed by atoms with Gasteiger partial charge in [0.2, 0.25) is 0 Å². The zero-order chi connectivity index (χ0) is 21.8. The quantitative estimate of drug-likeness (QED) is 0.172. The molecule has 0 atom stereocenters. The Kier molecular flexibility index (Phi) is 9.26. The van der Waals surface area contributed by atoms with Crippen LogP contribution in [-0.2, 0) is 20.9 Å². The third-order valence-corrected chi connectivity index (χ3v) is 3.95. The molecule has 2 rings (SSSR count). The second-order valence-corrected chi connectivity index (χ2v) is 6.16. The van der Waals surface area contributed by atoms with Crippen LogP contribution < -0.4 is 9.47 Å². The van der Waals surface area contributed by atoms with Crippen LogP contribution in [0.1, 0.15) is 17.5 Å². The summed E-state index contributed by atoms with van der Waals surface area (Å²) in [7, 11) is 3.20. The molecule has 2 aromatic carbocycles. The SMILES string of the molecule is COCCCOc1cc(C=NCC(=O)OCc2ccc([N+](=O)[O-])cc2)ccc1OC. The largest absolute Gasteiger partial charge is 0.493 e. The van der Waals surface area contributed by atoms with Gasteiger partial charge in [-0.1, -0.05) is 0 Å². The minimum atomic E-state index is -0.505. The molecule has 0 aliphatic carbocycles. The van der Waals surface area contributed by atoms with Crippen LogP contribution >= 0.6 is 0 Å². The zero-order valence-corrected chi connectivity index (χ0v) is 16.9. The van der Waals surface area contributed by atoms with Gasteiger partial charge in [-0.25, -0.2) is 0 Å². The lowest BCUT2D eigenvalue weighted by molar-refractivity contribution is -0.384. The second-order valence-electron chi connectivity index (χ2n) is 6.16. The molecule has 0 N–H and O–H groups in total. The predicted octanol–water partition coefficient (Wildman–Crippen LogP) is 3.18. The summed E-state index contributed by atoms with van der Waals surface area (Å²) in [4.78, 5) is 26.1. The van der Waals surface area contributed by atoms with Crippen molar-refractivity contribution in [3.8, 4) is 11.5 Å². The molecule has 160 valence electrons. The molecule has 0 heterocycles. The van der Waals surface area contributed by atoms with Gasteiger partial charge < -0.3 is 18.9 Å². The highest BCUT2D eigenvalue weighted by atomic mass is 16.6. The first kappa shape index (κ1) is 22.8. The van der Waals surface area contributed by atoms with Crippen LogP contribution in [0.25, 0.3) is 0 Å². The zero-order valence-electron chi connectivity index (χ0n) is 16.9. The number of methoxy groups -OCH3 is 2. The van der Waals surface area contributed by atoms with Crippen LogP contribution in [0, 0.1) is 10.1 Å². The minimum Gasteiger partial charge on any atom is -0.493 e. The summed E-state index contributed by atoms with van der Waals surface area (Å²) in [6.45, 7) is 0.961. The maximum Gasteiger partial charge on any atom is 0.328 e. The van der Waals surface area contributed by atoms with Crippen LogP contribution in [0.15, 0.2) is 47.5 Å². The smallest absolute Gasteiger partial charge is 0.328 e. The number of aliphatic imine (C=N–C) groups is 1. The van der Waals surface area contributed by atoms with Crippen LogP contribution in [0.3, 0.4) is 0 Å². The normalized spacial score (nSPS) is 10.7. The van der Waals surface area contributed by atoms with E-state index >= 15 is 0 Å². The van der Waals surface area contributed by atoms with Crippen molar-refractivity contribution in [2.45, 2.75) is 13.0 Å². The van der Waals surface area contributed by atoms with E-state index in [-0.39, 0.29) is 18.8 Å². The fourth-order valence-corrected chi connectivity index (χ4v) is 2.42. The van der Waals surface area contributed by atoms with Crippen LogP contribution in [0.4, 0.5) is 5.69 Å². The van der Waals surface area contributed by atoms with Gasteiger partial charge in [-0.3, -0.25) is 19.9 Å². The van der Waals surface area contributed by atoms with Gasteiger partial charge in [-0.2, -0.15) is 0 Å². The highest BCUT2D eigenvalue weighted by Crippen LogP contribution is 2.27. The molecule has 0 saturated heterocycles. The number of nitro benzene ring substituents is 1. The van der Waals surface area contributed by atoms with Gasteiger partial charge in [0, 0.05) is 38.5 Å². The summed E-state index contributed by atoms with van der Waals surface area (Å²) in [5.41, 5.74) is 1.39. The first-order chi connectivity index (χ1) is 14.5. The van der Waals surface area contributed by atoms with Gasteiger partial charge in [-0.05, 0) is 41.5 Å². The predicted molar refractivity (Wildman–Crippen MR) is 110 cm³/mol. The summed E-state index contributed by atoms with van der Waals surface area (Å²) in [6, 6.07) is 11.1. The molecule has 0 spiro atoms. The number of hydrogen-bond donors (Lipinski definition) is 0.